The molecule has 0 amide bonds. The number of hydroxylamine groups is 1. The van der Waals surface area contributed by atoms with E-state index in [1.54, 1.807) is 13.1 Å². The lowest BCUT2D eigenvalue weighted by molar-refractivity contribution is 0.279. The zero-order valence-corrected chi connectivity index (χ0v) is 10.7. The monoisotopic (exact) mass is 255 g/mol. The van der Waals surface area contributed by atoms with Gasteiger partial charge in [-0.2, -0.15) is 0 Å². The van der Waals surface area contributed by atoms with Crippen LogP contribution in [0.2, 0.25) is 0 Å². The van der Waals surface area contributed by atoms with Gasteiger partial charge in [-0.15, -0.1) is 0 Å². The second kappa shape index (κ2) is 5.46. The van der Waals surface area contributed by atoms with E-state index >= 15 is 0 Å². The summed E-state index contributed by atoms with van der Waals surface area (Å²) in [5.74, 6) is 0. The molecule has 0 unspecified atom stereocenters. The minimum absolute atomic E-state index is 0.447. The summed E-state index contributed by atoms with van der Waals surface area (Å²) < 4.78 is 0. The third-order valence-corrected chi connectivity index (χ3v) is 2.92. The maximum absolute atomic E-state index is 9.62. The van der Waals surface area contributed by atoms with Crippen molar-refractivity contribution in [1.82, 2.24) is 0 Å². The van der Waals surface area contributed by atoms with Crippen molar-refractivity contribution < 1.29 is 5.21 Å². The van der Waals surface area contributed by atoms with Crippen LogP contribution in [0.1, 0.15) is 11.1 Å². The van der Waals surface area contributed by atoms with E-state index in [9.17, 15) is 5.21 Å². The number of rotatable bonds is 3. The van der Waals surface area contributed by atoms with Crippen LogP contribution in [0, 0.1) is 0 Å². The zero-order chi connectivity index (χ0) is 13.8. The van der Waals surface area contributed by atoms with Gasteiger partial charge in [-0.25, -0.2) is 0 Å². The molecule has 0 fully saturated rings. The number of para-hydroxylation sites is 1. The summed E-state index contributed by atoms with van der Waals surface area (Å²) in [5.41, 5.74) is 15.3. The van der Waals surface area contributed by atoms with E-state index in [4.69, 9.17) is 11.5 Å². The molecule has 0 radical (unpaired) electrons. The summed E-state index contributed by atoms with van der Waals surface area (Å²) in [6.07, 6.45) is 0. The van der Waals surface area contributed by atoms with E-state index in [2.05, 4.69) is 0 Å². The van der Waals surface area contributed by atoms with Crippen LogP contribution in [0.3, 0.4) is 0 Å². The number of hydrogen-bond acceptors (Lipinski definition) is 4. The van der Waals surface area contributed by atoms with Gasteiger partial charge in [0.25, 0.3) is 0 Å². The maximum atomic E-state index is 9.62. The summed E-state index contributed by atoms with van der Waals surface area (Å²) in [5, 5.41) is 10.6. The van der Waals surface area contributed by atoms with Gasteiger partial charge in [-0.1, -0.05) is 48.5 Å². The Hall–Kier alpha value is -2.46. The molecular weight excluding hydrogens is 238 g/mol. The van der Waals surface area contributed by atoms with Crippen molar-refractivity contribution in [3.63, 3.8) is 0 Å². The molecule has 19 heavy (non-hydrogen) atoms. The minimum atomic E-state index is 0.447. The molecule has 0 saturated heterocycles. The fourth-order valence-corrected chi connectivity index (χ4v) is 1.90. The van der Waals surface area contributed by atoms with Crippen LogP contribution < -0.4 is 16.5 Å². The van der Waals surface area contributed by atoms with E-state index in [1.165, 1.54) is 0 Å². The minimum Gasteiger partial charge on any atom is -0.397 e. The van der Waals surface area contributed by atoms with E-state index in [0.29, 0.717) is 22.6 Å². The van der Waals surface area contributed by atoms with Gasteiger partial charge in [-0.3, -0.25) is 10.3 Å². The van der Waals surface area contributed by atoms with Crippen molar-refractivity contribution in [2.75, 3.05) is 12.1 Å². The van der Waals surface area contributed by atoms with Crippen LogP contribution in [0.15, 0.2) is 54.6 Å². The molecule has 0 heterocycles. The molecule has 4 heteroatoms. The highest BCUT2D eigenvalue weighted by Crippen LogP contribution is 2.26. The average Bonchev–Trinajstić information content (AvgIpc) is 2.46. The molecule has 0 aliphatic heterocycles. The van der Waals surface area contributed by atoms with E-state index in [1.807, 2.05) is 48.5 Å². The molecule has 0 aliphatic carbocycles. The third kappa shape index (κ3) is 2.69. The molecule has 0 bridgehead atoms. The smallest absolute Gasteiger partial charge is 0.0724 e. The van der Waals surface area contributed by atoms with Crippen molar-refractivity contribution in [3.8, 4) is 0 Å². The lowest BCUT2D eigenvalue weighted by Gasteiger charge is -2.17. The maximum Gasteiger partial charge on any atom is 0.0724 e. The van der Waals surface area contributed by atoms with Gasteiger partial charge in [0.15, 0.2) is 0 Å². The molecule has 0 spiro atoms. The van der Waals surface area contributed by atoms with Crippen molar-refractivity contribution in [2.24, 2.45) is 11.5 Å². The van der Waals surface area contributed by atoms with Gasteiger partial charge in [0.1, 0.15) is 0 Å². The Labute approximate surface area is 112 Å². The predicted octanol–water partition coefficient (Wildman–Crippen LogP) is 2.26. The number of nitrogens with zero attached hydrogens (tertiary/aromatic N) is 1. The molecule has 0 atom stereocenters. The molecule has 2 aromatic rings. The van der Waals surface area contributed by atoms with Gasteiger partial charge in [0, 0.05) is 12.6 Å². The van der Waals surface area contributed by atoms with Gasteiger partial charge < -0.3 is 11.5 Å². The van der Waals surface area contributed by atoms with Crippen LogP contribution in [0.25, 0.3) is 11.4 Å². The summed E-state index contributed by atoms with van der Waals surface area (Å²) >= 11 is 0. The summed E-state index contributed by atoms with van der Waals surface area (Å²) in [6.45, 7) is 0. The van der Waals surface area contributed by atoms with Crippen molar-refractivity contribution in [1.29, 1.82) is 0 Å². The molecule has 0 saturated carbocycles. The first-order valence-corrected chi connectivity index (χ1v) is 5.94. The lowest BCUT2D eigenvalue weighted by Crippen LogP contribution is -2.15. The highest BCUT2D eigenvalue weighted by molar-refractivity contribution is 5.91. The molecular formula is C15H17N3O. The first kappa shape index (κ1) is 13.0. The van der Waals surface area contributed by atoms with Crippen LogP contribution in [0.4, 0.5) is 5.69 Å². The highest BCUT2D eigenvalue weighted by atomic mass is 16.5. The molecule has 0 aliphatic rings. The molecule has 4 nitrogen and oxygen atoms in total. The Bertz CT molecular complexity index is 591. The number of hydrogen-bond donors (Lipinski definition) is 3. The quantitative estimate of drug-likeness (QED) is 0.581. The molecule has 5 N–H and O–H groups in total. The van der Waals surface area contributed by atoms with Gasteiger partial charge in [-0.05, 0) is 11.6 Å². The van der Waals surface area contributed by atoms with Crippen LogP contribution in [-0.4, -0.2) is 12.3 Å². The Morgan fingerprint density at radius 1 is 0.895 bits per heavy atom. The fourth-order valence-electron chi connectivity index (χ4n) is 1.90. The second-order valence-electron chi connectivity index (χ2n) is 4.23. The number of nitrogens with two attached hydrogens (primary N) is 2. The normalized spacial score (nSPS) is 11.9. The molecule has 2 aromatic carbocycles. The van der Waals surface area contributed by atoms with Crippen molar-refractivity contribution >= 4 is 17.1 Å². The summed E-state index contributed by atoms with van der Waals surface area (Å²) in [4.78, 5) is 0. The Morgan fingerprint density at radius 3 is 2.11 bits per heavy atom. The van der Waals surface area contributed by atoms with E-state index in [0.717, 1.165) is 10.6 Å². The number of benzene rings is 2. The first-order chi connectivity index (χ1) is 9.11. The zero-order valence-electron chi connectivity index (χ0n) is 10.7. The predicted molar refractivity (Wildman–Crippen MR) is 78.3 cm³/mol. The summed E-state index contributed by atoms with van der Waals surface area (Å²) in [6, 6.07) is 16.8. The Balaban J connectivity index is 2.53. The van der Waals surface area contributed by atoms with Crippen molar-refractivity contribution in [3.05, 3.63) is 65.7 Å². The molecule has 98 valence electrons. The lowest BCUT2D eigenvalue weighted by atomic mass is 10.0. The third-order valence-electron chi connectivity index (χ3n) is 2.92. The molecule has 2 rings (SSSR count). The highest BCUT2D eigenvalue weighted by Gasteiger charge is 2.11. The topological polar surface area (TPSA) is 75.5 Å². The van der Waals surface area contributed by atoms with Crippen molar-refractivity contribution in [2.45, 2.75) is 0 Å². The van der Waals surface area contributed by atoms with Gasteiger partial charge in [0.2, 0.25) is 0 Å². The standard InChI is InChI=1S/C15H17N3O/c1-18(19)13-10-6-5-9-12(13)15(17)14(16)11-7-3-2-4-8-11/h2-10,19H,16-17H2,1H3/b15-14-. The first-order valence-electron chi connectivity index (χ1n) is 5.94. The van der Waals surface area contributed by atoms with E-state index in [-0.39, 0.29) is 0 Å². The molecule has 0 aromatic heterocycles. The number of anilines is 1. The summed E-state index contributed by atoms with van der Waals surface area (Å²) in [7, 11) is 1.55. The van der Waals surface area contributed by atoms with Crippen LogP contribution in [-0.2, 0) is 0 Å². The van der Waals surface area contributed by atoms with Crippen LogP contribution >= 0.6 is 0 Å². The Morgan fingerprint density at radius 2 is 1.47 bits per heavy atom. The Kier molecular flexibility index (Phi) is 3.73. The largest absolute Gasteiger partial charge is 0.397 e. The second-order valence-corrected chi connectivity index (χ2v) is 4.23. The fraction of sp³-hybridized carbons (Fsp3) is 0.0667. The van der Waals surface area contributed by atoms with Gasteiger partial charge >= 0.3 is 0 Å². The van der Waals surface area contributed by atoms with E-state index < -0.39 is 0 Å². The average molecular weight is 255 g/mol. The van der Waals surface area contributed by atoms with Crippen LogP contribution in [0.5, 0.6) is 0 Å². The van der Waals surface area contributed by atoms with Gasteiger partial charge in [0.05, 0.1) is 17.1 Å². The SMILES string of the molecule is CN(O)c1ccccc1/C(N)=C(/N)c1ccccc1.